The Bertz CT molecular complexity index is 311. The van der Waals surface area contributed by atoms with Gasteiger partial charge in [-0.15, -0.1) is 0 Å². The van der Waals surface area contributed by atoms with Gasteiger partial charge < -0.3 is 5.32 Å². The lowest BCUT2D eigenvalue weighted by molar-refractivity contribution is 0.232. The minimum absolute atomic E-state index is 0.295. The number of nitrogens with zero attached hydrogens (tertiary/aromatic N) is 1. The fourth-order valence-electron chi connectivity index (χ4n) is 2.65. The number of aliphatic imine (C=N–C) groups is 1. The zero-order valence-electron chi connectivity index (χ0n) is 12.4. The molecular formula is C15H28N2S. The monoisotopic (exact) mass is 268 g/mol. The molecule has 1 atom stereocenters. The number of rotatable bonds is 1. The van der Waals surface area contributed by atoms with Crippen LogP contribution in [-0.4, -0.2) is 23.5 Å². The highest BCUT2D eigenvalue weighted by atomic mass is 32.2. The van der Waals surface area contributed by atoms with Crippen LogP contribution >= 0.6 is 11.8 Å². The molecule has 1 unspecified atom stereocenters. The molecule has 0 aromatic carbocycles. The molecular weight excluding hydrogens is 240 g/mol. The first kappa shape index (κ1) is 14.2. The lowest BCUT2D eigenvalue weighted by atomic mass is 9.75. The maximum absolute atomic E-state index is 4.83. The van der Waals surface area contributed by atoms with Crippen molar-refractivity contribution >= 4 is 16.9 Å². The fraction of sp³-hybridized carbons (Fsp3) is 0.933. The first-order chi connectivity index (χ1) is 8.41. The van der Waals surface area contributed by atoms with Gasteiger partial charge in [-0.3, -0.25) is 4.99 Å². The summed E-state index contributed by atoms with van der Waals surface area (Å²) in [6, 6.07) is 0.476. The quantitative estimate of drug-likeness (QED) is 0.775. The molecule has 0 aromatic rings. The van der Waals surface area contributed by atoms with Crippen molar-refractivity contribution in [3.05, 3.63) is 0 Å². The summed E-state index contributed by atoms with van der Waals surface area (Å²) in [6.07, 6.45) is 7.05. The molecule has 1 N–H and O–H groups in total. The molecule has 2 rings (SSSR count). The highest BCUT2D eigenvalue weighted by Gasteiger charge is 2.35. The molecule has 1 saturated carbocycles. The molecule has 1 aliphatic heterocycles. The van der Waals surface area contributed by atoms with Gasteiger partial charge in [-0.2, -0.15) is 0 Å². The summed E-state index contributed by atoms with van der Waals surface area (Å²) in [5.41, 5.74) is 0.835. The molecule has 0 bridgehead atoms. The Kier molecular flexibility index (Phi) is 4.30. The van der Waals surface area contributed by atoms with Crippen molar-refractivity contribution in [2.75, 3.05) is 12.3 Å². The molecule has 104 valence electrons. The van der Waals surface area contributed by atoms with Gasteiger partial charge in [0.25, 0.3) is 0 Å². The molecule has 0 amide bonds. The van der Waals surface area contributed by atoms with E-state index in [1.54, 1.807) is 0 Å². The summed E-state index contributed by atoms with van der Waals surface area (Å²) >= 11 is 1.95. The molecule has 0 radical (unpaired) electrons. The number of nitrogens with one attached hydrogen (secondary N) is 1. The Morgan fingerprint density at radius 3 is 2.39 bits per heavy atom. The van der Waals surface area contributed by atoms with Crippen LogP contribution in [0.1, 0.15) is 59.8 Å². The number of hydrogen-bond acceptors (Lipinski definition) is 3. The lowest BCUT2D eigenvalue weighted by Gasteiger charge is -2.39. The molecule has 1 spiro atoms. The molecule has 1 fully saturated rings. The second-order valence-corrected chi connectivity index (χ2v) is 8.17. The molecule has 0 saturated heterocycles. The lowest BCUT2D eigenvalue weighted by Crippen LogP contribution is -2.43. The Hall–Kier alpha value is -0.180. The molecule has 2 nitrogen and oxygen atoms in total. The predicted molar refractivity (Wildman–Crippen MR) is 82.3 cm³/mol. The van der Waals surface area contributed by atoms with Crippen LogP contribution in [0.5, 0.6) is 0 Å². The first-order valence-corrected chi connectivity index (χ1v) is 8.34. The van der Waals surface area contributed by atoms with Crippen molar-refractivity contribution < 1.29 is 0 Å². The molecule has 0 aromatic heterocycles. The standard InChI is InChI=1S/C15H28N2S/c1-12(14(2,3)4)17-13-16-10-15(11-18-13)8-6-5-7-9-15/h12H,5-11H2,1-4H3,(H,16,17). The van der Waals surface area contributed by atoms with Gasteiger partial charge in [-0.25, -0.2) is 0 Å². The minimum atomic E-state index is 0.295. The summed E-state index contributed by atoms with van der Waals surface area (Å²) in [7, 11) is 0. The van der Waals surface area contributed by atoms with Crippen LogP contribution in [0.3, 0.4) is 0 Å². The average Bonchev–Trinajstić information content (AvgIpc) is 2.32. The summed E-state index contributed by atoms with van der Waals surface area (Å²) in [5, 5.41) is 4.77. The van der Waals surface area contributed by atoms with Crippen molar-refractivity contribution in [2.45, 2.75) is 65.8 Å². The Morgan fingerprint density at radius 2 is 1.89 bits per heavy atom. The Balaban J connectivity index is 1.90. The van der Waals surface area contributed by atoms with Crippen LogP contribution in [0.15, 0.2) is 4.99 Å². The van der Waals surface area contributed by atoms with Crippen LogP contribution in [0.25, 0.3) is 0 Å². The number of thioether (sulfide) groups is 1. The normalized spacial score (nSPS) is 25.7. The van der Waals surface area contributed by atoms with Crippen molar-refractivity contribution in [3.63, 3.8) is 0 Å². The van der Waals surface area contributed by atoms with E-state index in [1.807, 2.05) is 11.8 Å². The number of amidine groups is 1. The predicted octanol–water partition coefficient (Wildman–Crippen LogP) is 4.06. The highest BCUT2D eigenvalue weighted by Crippen LogP contribution is 2.41. The van der Waals surface area contributed by atoms with E-state index in [4.69, 9.17) is 4.99 Å². The summed E-state index contributed by atoms with van der Waals surface area (Å²) < 4.78 is 0. The van der Waals surface area contributed by atoms with Gasteiger partial charge in [0, 0.05) is 18.3 Å². The van der Waals surface area contributed by atoms with E-state index < -0.39 is 0 Å². The SMILES string of the molecule is CC(NC1=NCC2(CCCCC2)CS1)C(C)(C)C. The van der Waals surface area contributed by atoms with E-state index in [1.165, 1.54) is 43.0 Å². The van der Waals surface area contributed by atoms with E-state index in [-0.39, 0.29) is 0 Å². The average molecular weight is 268 g/mol. The van der Waals surface area contributed by atoms with Crippen molar-refractivity contribution in [1.29, 1.82) is 0 Å². The van der Waals surface area contributed by atoms with Crippen LogP contribution < -0.4 is 5.32 Å². The topological polar surface area (TPSA) is 24.4 Å². The van der Waals surface area contributed by atoms with Gasteiger partial charge in [0.1, 0.15) is 0 Å². The second-order valence-electron chi connectivity index (χ2n) is 7.20. The van der Waals surface area contributed by atoms with Crippen LogP contribution in [0.2, 0.25) is 0 Å². The first-order valence-electron chi connectivity index (χ1n) is 7.35. The summed E-state index contributed by atoms with van der Waals surface area (Å²) in [6.45, 7) is 10.2. The largest absolute Gasteiger partial charge is 0.362 e. The van der Waals surface area contributed by atoms with Crippen molar-refractivity contribution in [3.8, 4) is 0 Å². The molecule has 3 heteroatoms. The maximum atomic E-state index is 4.83. The molecule has 2 aliphatic rings. The van der Waals surface area contributed by atoms with Crippen molar-refractivity contribution in [1.82, 2.24) is 5.32 Å². The van der Waals surface area contributed by atoms with Crippen LogP contribution in [0.4, 0.5) is 0 Å². The van der Waals surface area contributed by atoms with Gasteiger partial charge in [0.05, 0.1) is 0 Å². The van der Waals surface area contributed by atoms with E-state index in [0.29, 0.717) is 16.9 Å². The molecule has 1 heterocycles. The zero-order valence-corrected chi connectivity index (χ0v) is 13.2. The fourth-order valence-corrected chi connectivity index (χ4v) is 3.88. The van der Waals surface area contributed by atoms with E-state index >= 15 is 0 Å². The highest BCUT2D eigenvalue weighted by molar-refractivity contribution is 8.13. The van der Waals surface area contributed by atoms with E-state index in [2.05, 4.69) is 33.0 Å². The summed E-state index contributed by atoms with van der Waals surface area (Å²) in [5.74, 6) is 1.27. The third-order valence-corrected chi connectivity index (χ3v) is 5.90. The third-order valence-electron chi connectivity index (χ3n) is 4.63. The second kappa shape index (κ2) is 5.44. The maximum Gasteiger partial charge on any atom is 0.156 e. The van der Waals surface area contributed by atoms with Gasteiger partial charge in [-0.05, 0) is 30.6 Å². The summed E-state index contributed by atoms with van der Waals surface area (Å²) in [4.78, 5) is 4.83. The van der Waals surface area contributed by atoms with Crippen molar-refractivity contribution in [2.24, 2.45) is 15.8 Å². The van der Waals surface area contributed by atoms with Crippen LogP contribution in [-0.2, 0) is 0 Å². The number of hydrogen-bond donors (Lipinski definition) is 1. The third kappa shape index (κ3) is 3.43. The van der Waals surface area contributed by atoms with Gasteiger partial charge in [-0.1, -0.05) is 51.8 Å². The zero-order chi connectivity index (χ0) is 13.2. The van der Waals surface area contributed by atoms with Gasteiger partial charge in [0.2, 0.25) is 0 Å². The minimum Gasteiger partial charge on any atom is -0.362 e. The van der Waals surface area contributed by atoms with E-state index in [9.17, 15) is 0 Å². The smallest absolute Gasteiger partial charge is 0.156 e. The van der Waals surface area contributed by atoms with E-state index in [0.717, 1.165) is 6.54 Å². The van der Waals surface area contributed by atoms with Gasteiger partial charge in [0.15, 0.2) is 5.17 Å². The molecule has 18 heavy (non-hydrogen) atoms. The molecule has 1 aliphatic carbocycles. The Morgan fingerprint density at radius 1 is 1.22 bits per heavy atom. The van der Waals surface area contributed by atoms with Gasteiger partial charge >= 0.3 is 0 Å². The van der Waals surface area contributed by atoms with Crippen LogP contribution in [0, 0.1) is 10.8 Å². The Labute approximate surface area is 116 Å².